The second-order valence-corrected chi connectivity index (χ2v) is 7.75. The standard InChI is InChI=1S/C22H26ClN3O3/c1-15-4-6-17(7-5-15)14-26-21(23)19(16(2)24-26)8-9-20(27)25-12-10-18(11-13-25)22(28)29-3/h4-9,18H,10-14H2,1-3H3/b9-8+. The Hall–Kier alpha value is -2.60. The largest absolute Gasteiger partial charge is 0.469 e. The normalized spacial score (nSPS) is 15.1. The van der Waals surface area contributed by atoms with Crippen molar-refractivity contribution in [3.05, 3.63) is 57.9 Å². The lowest BCUT2D eigenvalue weighted by molar-refractivity contribution is -0.148. The molecule has 1 aliphatic heterocycles. The van der Waals surface area contributed by atoms with E-state index in [4.69, 9.17) is 16.3 Å². The highest BCUT2D eigenvalue weighted by Crippen LogP contribution is 2.23. The molecule has 1 aromatic carbocycles. The van der Waals surface area contributed by atoms with Gasteiger partial charge in [-0.15, -0.1) is 0 Å². The van der Waals surface area contributed by atoms with Crippen LogP contribution in [0.2, 0.25) is 5.15 Å². The molecule has 0 N–H and O–H groups in total. The Morgan fingerprint density at radius 1 is 1.21 bits per heavy atom. The Labute approximate surface area is 176 Å². The van der Waals surface area contributed by atoms with Crippen LogP contribution in [0.15, 0.2) is 30.3 Å². The predicted octanol–water partition coefficient (Wildman–Crippen LogP) is 3.63. The maximum absolute atomic E-state index is 12.5. The molecule has 0 atom stereocenters. The number of carbonyl (C=O) groups is 2. The average Bonchev–Trinajstić information content (AvgIpc) is 3.00. The number of nitrogens with zero attached hydrogens (tertiary/aromatic N) is 3. The zero-order valence-corrected chi connectivity index (χ0v) is 17.8. The SMILES string of the molecule is COC(=O)C1CCN(C(=O)/C=C/c2c(C)nn(Cc3ccc(C)cc3)c2Cl)CC1. The monoisotopic (exact) mass is 415 g/mol. The van der Waals surface area contributed by atoms with Gasteiger partial charge in [0.2, 0.25) is 5.91 Å². The minimum absolute atomic E-state index is 0.0879. The molecule has 1 amide bonds. The Bertz CT molecular complexity index is 910. The van der Waals surface area contributed by atoms with Gasteiger partial charge in [0, 0.05) is 24.7 Å². The summed E-state index contributed by atoms with van der Waals surface area (Å²) in [6.07, 6.45) is 4.51. The van der Waals surface area contributed by atoms with Crippen LogP contribution in [-0.2, 0) is 20.9 Å². The number of aryl methyl sites for hydroxylation is 2. The van der Waals surface area contributed by atoms with Gasteiger partial charge in [-0.2, -0.15) is 5.10 Å². The quantitative estimate of drug-likeness (QED) is 0.552. The Morgan fingerprint density at radius 2 is 1.86 bits per heavy atom. The van der Waals surface area contributed by atoms with Crippen molar-refractivity contribution in [2.75, 3.05) is 20.2 Å². The zero-order valence-electron chi connectivity index (χ0n) is 17.0. The van der Waals surface area contributed by atoms with E-state index in [-0.39, 0.29) is 17.8 Å². The average molecular weight is 416 g/mol. The number of hydrogen-bond donors (Lipinski definition) is 0. The van der Waals surface area contributed by atoms with Crippen LogP contribution in [0.4, 0.5) is 0 Å². The molecule has 0 unspecified atom stereocenters. The molecular formula is C22H26ClN3O3. The molecule has 0 saturated carbocycles. The van der Waals surface area contributed by atoms with E-state index in [0.29, 0.717) is 37.6 Å². The first-order chi connectivity index (χ1) is 13.9. The highest BCUT2D eigenvalue weighted by Gasteiger charge is 2.27. The first kappa shape index (κ1) is 21.1. The fourth-order valence-corrected chi connectivity index (χ4v) is 3.79. The number of methoxy groups -OCH3 is 1. The number of piperidine rings is 1. The summed E-state index contributed by atoms with van der Waals surface area (Å²) < 4.78 is 6.53. The number of carbonyl (C=O) groups excluding carboxylic acids is 2. The molecule has 2 heterocycles. The number of ether oxygens (including phenoxy) is 1. The summed E-state index contributed by atoms with van der Waals surface area (Å²) in [6.45, 7) is 5.59. The summed E-state index contributed by atoms with van der Waals surface area (Å²) in [6, 6.07) is 8.23. The van der Waals surface area contributed by atoms with Crippen molar-refractivity contribution in [2.24, 2.45) is 5.92 Å². The van der Waals surface area contributed by atoms with E-state index in [1.807, 2.05) is 13.8 Å². The Morgan fingerprint density at radius 3 is 2.48 bits per heavy atom. The van der Waals surface area contributed by atoms with Gasteiger partial charge in [-0.05, 0) is 38.3 Å². The molecule has 3 rings (SSSR count). The minimum atomic E-state index is -0.198. The minimum Gasteiger partial charge on any atom is -0.469 e. The van der Waals surface area contributed by atoms with Crippen molar-refractivity contribution in [1.29, 1.82) is 0 Å². The summed E-state index contributed by atoms with van der Waals surface area (Å²) >= 11 is 6.52. The molecule has 29 heavy (non-hydrogen) atoms. The number of hydrogen-bond acceptors (Lipinski definition) is 4. The molecule has 0 spiro atoms. The molecule has 6 nitrogen and oxygen atoms in total. The Kier molecular flexibility index (Phi) is 6.75. The summed E-state index contributed by atoms with van der Waals surface area (Å²) in [5.41, 5.74) is 3.83. The van der Waals surface area contributed by atoms with Crippen LogP contribution in [0.3, 0.4) is 0 Å². The van der Waals surface area contributed by atoms with Gasteiger partial charge in [0.15, 0.2) is 0 Å². The number of aromatic nitrogens is 2. The van der Waals surface area contributed by atoms with Gasteiger partial charge in [-0.1, -0.05) is 41.4 Å². The molecule has 1 fully saturated rings. The number of benzene rings is 1. The first-order valence-electron chi connectivity index (χ1n) is 9.72. The van der Waals surface area contributed by atoms with Crippen LogP contribution < -0.4 is 0 Å². The van der Waals surface area contributed by atoms with Crippen LogP contribution in [0.1, 0.15) is 35.2 Å². The lowest BCUT2D eigenvalue weighted by Crippen LogP contribution is -2.39. The Balaban J connectivity index is 1.64. The van der Waals surface area contributed by atoms with Crippen molar-refractivity contribution in [3.63, 3.8) is 0 Å². The highest BCUT2D eigenvalue weighted by atomic mass is 35.5. The highest BCUT2D eigenvalue weighted by molar-refractivity contribution is 6.31. The van der Waals surface area contributed by atoms with Crippen molar-refractivity contribution in [3.8, 4) is 0 Å². The molecule has 2 aromatic rings. The summed E-state index contributed by atoms with van der Waals surface area (Å²) in [4.78, 5) is 25.9. The second kappa shape index (κ2) is 9.27. The predicted molar refractivity (Wildman–Crippen MR) is 113 cm³/mol. The molecule has 0 bridgehead atoms. The van der Waals surface area contributed by atoms with E-state index in [1.54, 1.807) is 15.7 Å². The lowest BCUT2D eigenvalue weighted by atomic mass is 9.97. The summed E-state index contributed by atoms with van der Waals surface area (Å²) in [5.74, 6) is -0.407. The van der Waals surface area contributed by atoms with E-state index < -0.39 is 0 Å². The lowest BCUT2D eigenvalue weighted by Gasteiger charge is -2.29. The van der Waals surface area contributed by atoms with E-state index in [1.165, 1.54) is 18.7 Å². The number of likely N-dealkylation sites (tertiary alicyclic amines) is 1. The number of rotatable bonds is 5. The third kappa shape index (κ3) is 5.07. The van der Waals surface area contributed by atoms with Crippen molar-refractivity contribution >= 4 is 29.6 Å². The van der Waals surface area contributed by atoms with Gasteiger partial charge in [0.1, 0.15) is 5.15 Å². The van der Waals surface area contributed by atoms with Gasteiger partial charge in [0.05, 0.1) is 25.3 Å². The molecule has 1 saturated heterocycles. The second-order valence-electron chi connectivity index (χ2n) is 7.39. The van der Waals surface area contributed by atoms with Crippen LogP contribution in [0.5, 0.6) is 0 Å². The van der Waals surface area contributed by atoms with Gasteiger partial charge in [0.25, 0.3) is 0 Å². The van der Waals surface area contributed by atoms with Crippen LogP contribution in [-0.4, -0.2) is 46.8 Å². The van der Waals surface area contributed by atoms with Gasteiger partial charge in [-0.25, -0.2) is 4.68 Å². The molecule has 0 radical (unpaired) electrons. The smallest absolute Gasteiger partial charge is 0.308 e. The molecule has 0 aliphatic carbocycles. The van der Waals surface area contributed by atoms with Gasteiger partial charge in [-0.3, -0.25) is 9.59 Å². The van der Waals surface area contributed by atoms with Crippen LogP contribution >= 0.6 is 11.6 Å². The topological polar surface area (TPSA) is 64.4 Å². The first-order valence-corrected chi connectivity index (χ1v) is 10.1. The number of esters is 1. The van der Waals surface area contributed by atoms with Gasteiger partial charge >= 0.3 is 5.97 Å². The number of amides is 1. The van der Waals surface area contributed by atoms with Crippen molar-refractivity contribution in [2.45, 2.75) is 33.2 Å². The molecular weight excluding hydrogens is 390 g/mol. The zero-order chi connectivity index (χ0) is 21.0. The fourth-order valence-electron chi connectivity index (χ4n) is 3.49. The van der Waals surface area contributed by atoms with Crippen LogP contribution in [0, 0.1) is 19.8 Å². The van der Waals surface area contributed by atoms with E-state index in [9.17, 15) is 9.59 Å². The van der Waals surface area contributed by atoms with Crippen molar-refractivity contribution in [1.82, 2.24) is 14.7 Å². The molecule has 7 heteroatoms. The third-order valence-electron chi connectivity index (χ3n) is 5.30. The van der Waals surface area contributed by atoms with E-state index in [0.717, 1.165) is 16.8 Å². The third-order valence-corrected chi connectivity index (χ3v) is 5.69. The van der Waals surface area contributed by atoms with E-state index in [2.05, 4.69) is 29.4 Å². The van der Waals surface area contributed by atoms with Gasteiger partial charge < -0.3 is 9.64 Å². The fraction of sp³-hybridized carbons (Fsp3) is 0.409. The molecule has 154 valence electrons. The van der Waals surface area contributed by atoms with Crippen molar-refractivity contribution < 1.29 is 14.3 Å². The summed E-state index contributed by atoms with van der Waals surface area (Å²) in [7, 11) is 1.40. The molecule has 1 aliphatic rings. The summed E-state index contributed by atoms with van der Waals surface area (Å²) in [5, 5.41) is 5.02. The van der Waals surface area contributed by atoms with Crippen LogP contribution in [0.25, 0.3) is 6.08 Å². The maximum atomic E-state index is 12.5. The number of halogens is 1. The maximum Gasteiger partial charge on any atom is 0.308 e. The molecule has 1 aromatic heterocycles. The van der Waals surface area contributed by atoms with E-state index >= 15 is 0 Å².